The van der Waals surface area contributed by atoms with Crippen LogP contribution in [0.3, 0.4) is 0 Å². The molecule has 0 saturated heterocycles. The zero-order chi connectivity index (χ0) is 39.1. The second-order valence-corrected chi connectivity index (χ2v) is 15.0. The molecule has 0 aliphatic heterocycles. The SMILES string of the molecule is Cc1ccc(C(=O)NC(=O)NC(=O)c2ccc(C)c(Nc3ccc(S(=O)(=O)O)c4cc(O)ccc34)c2)cc1Nc1ccc(S(=O)(=O)O)c2cc(O)ccc12. The molecule has 0 aliphatic rings. The quantitative estimate of drug-likeness (QED) is 0.0795. The molecule has 8 N–H and O–H groups in total. The van der Waals surface area contributed by atoms with Crippen LogP contribution in [-0.2, 0) is 20.2 Å². The Hall–Kier alpha value is -6.53. The lowest BCUT2D eigenvalue weighted by Crippen LogP contribution is -2.42. The minimum atomic E-state index is -4.62. The summed E-state index contributed by atoms with van der Waals surface area (Å²) in [6.07, 6.45) is 0. The maximum Gasteiger partial charge on any atom is 0.328 e. The van der Waals surface area contributed by atoms with Gasteiger partial charge in [0.05, 0.1) is 0 Å². The fourth-order valence-electron chi connectivity index (χ4n) is 5.75. The number of carbonyl (C=O) groups excluding carboxylic acids is 3. The third-order valence-corrected chi connectivity index (χ3v) is 10.3. The van der Waals surface area contributed by atoms with Crippen LogP contribution in [0.2, 0.25) is 0 Å². The number of carbonyl (C=O) groups is 3. The van der Waals surface area contributed by atoms with Crippen LogP contribution in [0, 0.1) is 13.8 Å². The number of urea groups is 1. The summed E-state index contributed by atoms with van der Waals surface area (Å²) in [5.74, 6) is -2.15. The molecule has 54 heavy (non-hydrogen) atoms. The third kappa shape index (κ3) is 7.79. The van der Waals surface area contributed by atoms with Crippen molar-refractivity contribution < 1.29 is 50.5 Å². The predicted octanol–water partition coefficient (Wildman–Crippen LogP) is 6.28. The Morgan fingerprint density at radius 2 is 0.870 bits per heavy atom. The molecule has 0 spiro atoms. The highest BCUT2D eigenvalue weighted by Crippen LogP contribution is 2.36. The Bertz CT molecular complexity index is 2600. The number of imide groups is 2. The summed E-state index contributed by atoms with van der Waals surface area (Å²) < 4.78 is 67.1. The van der Waals surface area contributed by atoms with Crippen LogP contribution in [0.5, 0.6) is 11.5 Å². The molecule has 0 heterocycles. The van der Waals surface area contributed by atoms with Crippen LogP contribution in [-0.4, -0.2) is 54.0 Å². The highest BCUT2D eigenvalue weighted by Gasteiger charge is 2.20. The molecule has 15 nitrogen and oxygen atoms in total. The van der Waals surface area contributed by atoms with Gasteiger partial charge >= 0.3 is 6.03 Å². The first kappa shape index (κ1) is 37.2. The highest BCUT2D eigenvalue weighted by atomic mass is 32.2. The minimum Gasteiger partial charge on any atom is -0.508 e. The first-order chi connectivity index (χ1) is 25.4. The number of nitrogens with one attached hydrogen (secondary N) is 4. The average Bonchev–Trinajstić information content (AvgIpc) is 3.08. The number of rotatable bonds is 8. The number of aromatic hydroxyl groups is 2. The number of aryl methyl sites for hydroxylation is 2. The van der Waals surface area contributed by atoms with Crippen molar-refractivity contribution in [1.29, 1.82) is 0 Å². The molecule has 0 atom stereocenters. The summed E-state index contributed by atoms with van der Waals surface area (Å²) in [7, 11) is -9.24. The summed E-state index contributed by atoms with van der Waals surface area (Å²) in [5.41, 5.74) is 2.98. The predicted molar refractivity (Wildman–Crippen MR) is 200 cm³/mol. The van der Waals surface area contributed by atoms with Crippen LogP contribution >= 0.6 is 0 Å². The molecular formula is C37H30N4O11S2. The lowest BCUT2D eigenvalue weighted by Gasteiger charge is -2.15. The molecule has 276 valence electrons. The van der Waals surface area contributed by atoms with Gasteiger partial charge in [0.1, 0.15) is 21.3 Å². The number of phenolic OH excluding ortho intramolecular Hbond substituents is 2. The standard InChI is InChI=1S/C37H30N4O11S2/c1-19-3-5-21(15-31(19)38-29-11-13-33(53(47,48)49)27-17-23(42)7-9-25(27)29)35(44)40-37(46)41-36(45)22-6-4-20(2)32(16-22)39-30-12-14-34(54(50,51)52)28-18-24(43)8-10-26(28)30/h3-18,38-39,42-43H,1-2H3,(H,47,48,49)(H,50,51,52)(H2,40,41,44,45,46). The van der Waals surface area contributed by atoms with Crippen LogP contribution in [0.4, 0.5) is 27.5 Å². The monoisotopic (exact) mass is 770 g/mol. The zero-order valence-electron chi connectivity index (χ0n) is 28.2. The smallest absolute Gasteiger partial charge is 0.328 e. The van der Waals surface area contributed by atoms with E-state index in [9.17, 15) is 50.5 Å². The number of hydrogen-bond donors (Lipinski definition) is 8. The van der Waals surface area contributed by atoms with Gasteiger partial charge in [0.15, 0.2) is 0 Å². The van der Waals surface area contributed by atoms with Crippen molar-refractivity contribution in [3.63, 3.8) is 0 Å². The van der Waals surface area contributed by atoms with Gasteiger partial charge in [-0.25, -0.2) is 4.79 Å². The van der Waals surface area contributed by atoms with Crippen molar-refractivity contribution in [2.75, 3.05) is 10.6 Å². The van der Waals surface area contributed by atoms with Crippen molar-refractivity contribution >= 4 is 82.4 Å². The summed E-state index contributed by atoms with van der Waals surface area (Å²) in [5, 5.41) is 31.1. The Labute approximate surface area is 307 Å². The van der Waals surface area contributed by atoms with Gasteiger partial charge in [-0.2, -0.15) is 16.8 Å². The van der Waals surface area contributed by atoms with Crippen LogP contribution < -0.4 is 21.3 Å². The summed E-state index contributed by atoms with van der Waals surface area (Å²) in [6.45, 7) is 3.48. The molecule has 6 aromatic carbocycles. The number of fused-ring (bicyclic) bond motifs is 2. The number of benzene rings is 6. The number of anilines is 4. The lowest BCUT2D eigenvalue weighted by molar-refractivity contribution is 0.0944. The number of hydrogen-bond acceptors (Lipinski definition) is 11. The minimum absolute atomic E-state index is 0.0320. The van der Waals surface area contributed by atoms with Crippen LogP contribution in [0.25, 0.3) is 21.5 Å². The maximum atomic E-state index is 13.1. The Balaban J connectivity index is 1.18. The average molecular weight is 771 g/mol. The van der Waals surface area contributed by atoms with E-state index in [1.807, 2.05) is 0 Å². The topological polar surface area (TPSA) is 249 Å². The van der Waals surface area contributed by atoms with Gasteiger partial charge in [-0.05, 0) is 110 Å². The van der Waals surface area contributed by atoms with E-state index in [2.05, 4.69) is 21.3 Å². The largest absolute Gasteiger partial charge is 0.508 e. The number of amides is 4. The van der Waals surface area contributed by atoms with Crippen molar-refractivity contribution in [3.05, 3.63) is 119 Å². The molecule has 0 radical (unpaired) electrons. The maximum absolute atomic E-state index is 13.1. The second-order valence-electron chi connectivity index (χ2n) is 12.2. The normalized spacial score (nSPS) is 11.6. The van der Waals surface area contributed by atoms with Crippen LogP contribution in [0.1, 0.15) is 31.8 Å². The molecule has 4 amide bonds. The Kier molecular flexibility index (Phi) is 9.74. The van der Waals surface area contributed by atoms with E-state index in [0.717, 1.165) is 12.1 Å². The highest BCUT2D eigenvalue weighted by molar-refractivity contribution is 7.86. The molecule has 0 fully saturated rings. The van der Waals surface area contributed by atoms with E-state index in [4.69, 9.17) is 0 Å². The van der Waals surface area contributed by atoms with E-state index < -0.39 is 47.9 Å². The molecule has 17 heteroatoms. The van der Waals surface area contributed by atoms with E-state index in [1.54, 1.807) is 26.0 Å². The van der Waals surface area contributed by atoms with Crippen molar-refractivity contribution in [3.8, 4) is 11.5 Å². The first-order valence-electron chi connectivity index (χ1n) is 15.8. The van der Waals surface area contributed by atoms with Gasteiger partial charge in [-0.3, -0.25) is 29.3 Å². The molecular weight excluding hydrogens is 741 g/mol. The summed E-state index contributed by atoms with van der Waals surface area (Å²) in [6, 6.07) is 21.0. The third-order valence-electron chi connectivity index (χ3n) is 8.47. The van der Waals surface area contributed by atoms with Crippen molar-refractivity contribution in [2.24, 2.45) is 0 Å². The van der Waals surface area contributed by atoms with Gasteiger partial charge in [-0.15, -0.1) is 0 Å². The summed E-state index contributed by atoms with van der Waals surface area (Å²) >= 11 is 0. The lowest BCUT2D eigenvalue weighted by atomic mass is 10.1. The Morgan fingerprint density at radius 3 is 1.24 bits per heavy atom. The zero-order valence-corrected chi connectivity index (χ0v) is 29.8. The first-order valence-corrected chi connectivity index (χ1v) is 18.7. The molecule has 6 aromatic rings. The molecule has 0 aromatic heterocycles. The van der Waals surface area contributed by atoms with Crippen LogP contribution in [0.15, 0.2) is 107 Å². The van der Waals surface area contributed by atoms with E-state index >= 15 is 0 Å². The van der Waals surface area contributed by atoms with Gasteiger partial charge in [0, 0.05) is 55.4 Å². The second kappa shape index (κ2) is 14.1. The van der Waals surface area contributed by atoms with Crippen molar-refractivity contribution in [1.82, 2.24) is 10.6 Å². The molecule has 0 aliphatic carbocycles. The summed E-state index contributed by atoms with van der Waals surface area (Å²) in [4.78, 5) is 38.2. The fourth-order valence-corrected chi connectivity index (χ4v) is 7.13. The van der Waals surface area contributed by atoms with E-state index in [1.165, 1.54) is 72.8 Å². The van der Waals surface area contributed by atoms with Gasteiger partial charge in [0.2, 0.25) is 0 Å². The molecule has 6 rings (SSSR count). The van der Waals surface area contributed by atoms with Gasteiger partial charge < -0.3 is 20.8 Å². The van der Waals surface area contributed by atoms with Crippen molar-refractivity contribution in [2.45, 2.75) is 23.6 Å². The van der Waals surface area contributed by atoms with E-state index in [0.29, 0.717) is 44.6 Å². The molecule has 0 bridgehead atoms. The molecule has 0 unspecified atom stereocenters. The van der Waals surface area contributed by atoms with Gasteiger partial charge in [-0.1, -0.05) is 12.1 Å². The molecule has 0 saturated carbocycles. The number of phenols is 2. The Morgan fingerprint density at radius 1 is 0.481 bits per heavy atom. The fraction of sp³-hybridized carbons (Fsp3) is 0.0541. The van der Waals surface area contributed by atoms with E-state index in [-0.39, 0.29) is 33.4 Å². The van der Waals surface area contributed by atoms with Gasteiger partial charge in [0.25, 0.3) is 32.1 Å².